The average Bonchev–Trinajstić information content (AvgIpc) is 3.51. The van der Waals surface area contributed by atoms with Gasteiger partial charge in [0.05, 0.1) is 29.5 Å². The second-order valence-electron chi connectivity index (χ2n) is 7.37. The number of H-pyrrole nitrogens is 1. The lowest BCUT2D eigenvalue weighted by Crippen LogP contribution is -2.12. The summed E-state index contributed by atoms with van der Waals surface area (Å²) in [4.78, 5) is 21.7. The van der Waals surface area contributed by atoms with Crippen molar-refractivity contribution < 1.29 is 9.53 Å². The van der Waals surface area contributed by atoms with Crippen LogP contribution < -0.4 is 15.4 Å². The van der Waals surface area contributed by atoms with E-state index in [1.807, 2.05) is 19.1 Å². The number of rotatable bonds is 6. The Bertz CT molecular complexity index is 1500. The maximum atomic E-state index is 12.7. The van der Waals surface area contributed by atoms with Gasteiger partial charge in [0.15, 0.2) is 5.82 Å². The number of pyridine rings is 1. The van der Waals surface area contributed by atoms with Gasteiger partial charge < -0.3 is 15.4 Å². The first-order chi connectivity index (χ1) is 16.5. The molecule has 0 unspecified atom stereocenters. The quantitative estimate of drug-likeness (QED) is 0.289. The fourth-order valence-corrected chi connectivity index (χ4v) is 4.22. The smallest absolute Gasteiger partial charge is 0.255 e. The van der Waals surface area contributed by atoms with E-state index in [-0.39, 0.29) is 5.91 Å². The van der Waals surface area contributed by atoms with Crippen molar-refractivity contribution in [1.82, 2.24) is 24.5 Å². The number of anilines is 3. The number of hydrogen-bond donors (Lipinski definition) is 3. The number of aromatic nitrogens is 5. The molecule has 34 heavy (non-hydrogen) atoms. The number of ether oxygens (including phenoxy) is 1. The van der Waals surface area contributed by atoms with E-state index in [4.69, 9.17) is 16.3 Å². The first-order valence-electron chi connectivity index (χ1n) is 10.2. The molecule has 1 amide bonds. The number of carbonyl (C=O) groups is 1. The lowest BCUT2D eigenvalue weighted by atomic mass is 10.2. The van der Waals surface area contributed by atoms with E-state index in [9.17, 15) is 4.79 Å². The number of aryl methyl sites for hydroxylation is 1. The zero-order valence-corrected chi connectivity index (χ0v) is 19.7. The zero-order valence-electron chi connectivity index (χ0n) is 18.1. The summed E-state index contributed by atoms with van der Waals surface area (Å²) < 4.78 is 9.56. The van der Waals surface area contributed by atoms with E-state index < -0.39 is 0 Å². The number of nitrogens with one attached hydrogen (secondary N) is 3. The van der Waals surface area contributed by atoms with Crippen LogP contribution in [0.25, 0.3) is 22.4 Å². The summed E-state index contributed by atoms with van der Waals surface area (Å²) in [5.41, 5.74) is 3.93. The highest BCUT2D eigenvalue weighted by atomic mass is 35.5. The first kappa shape index (κ1) is 21.8. The summed E-state index contributed by atoms with van der Waals surface area (Å²) in [6, 6.07) is 14.1. The van der Waals surface area contributed by atoms with Gasteiger partial charge in [-0.15, -0.1) is 0 Å². The minimum Gasteiger partial charge on any atom is -0.497 e. The summed E-state index contributed by atoms with van der Waals surface area (Å²) in [5.74, 6) is 0.886. The molecule has 0 aliphatic heterocycles. The monoisotopic (exact) mass is 491 g/mol. The van der Waals surface area contributed by atoms with E-state index in [0.29, 0.717) is 44.4 Å². The molecule has 0 fully saturated rings. The van der Waals surface area contributed by atoms with E-state index in [2.05, 4.69) is 35.2 Å². The van der Waals surface area contributed by atoms with Gasteiger partial charge in [-0.1, -0.05) is 11.6 Å². The van der Waals surface area contributed by atoms with Gasteiger partial charge in [0, 0.05) is 33.9 Å². The topological polar surface area (TPSA) is 118 Å². The summed E-state index contributed by atoms with van der Waals surface area (Å²) >= 11 is 7.68. The highest BCUT2D eigenvalue weighted by molar-refractivity contribution is 7.10. The van der Waals surface area contributed by atoms with Crippen LogP contribution in [0.15, 0.2) is 54.7 Å². The Hall–Kier alpha value is -4.02. The zero-order chi connectivity index (χ0) is 23.7. The summed E-state index contributed by atoms with van der Waals surface area (Å²) in [7, 11) is 1.58. The third-order valence-corrected chi connectivity index (χ3v) is 6.06. The summed E-state index contributed by atoms with van der Waals surface area (Å²) in [6.45, 7) is 1.85. The SMILES string of the molecule is COc1ccc(C(=O)Nc2cc(C)nc(-c3nsc(Nc4ccc5[nH]ncc5c4Cl)n3)c2)cc1. The normalized spacial score (nSPS) is 10.9. The Kier molecular flexibility index (Phi) is 5.83. The third-order valence-electron chi connectivity index (χ3n) is 5.02. The van der Waals surface area contributed by atoms with Crippen LogP contribution in [-0.4, -0.2) is 37.6 Å². The third kappa shape index (κ3) is 4.41. The number of hydrogen-bond acceptors (Lipinski definition) is 8. The molecular weight excluding hydrogens is 474 g/mol. The van der Waals surface area contributed by atoms with Crippen molar-refractivity contribution in [3.63, 3.8) is 0 Å². The van der Waals surface area contributed by atoms with Gasteiger partial charge in [0.1, 0.15) is 11.4 Å². The van der Waals surface area contributed by atoms with Crippen molar-refractivity contribution in [3.8, 4) is 17.3 Å². The van der Waals surface area contributed by atoms with Gasteiger partial charge in [0.25, 0.3) is 5.91 Å². The van der Waals surface area contributed by atoms with Crippen LogP contribution in [0.3, 0.4) is 0 Å². The lowest BCUT2D eigenvalue weighted by Gasteiger charge is -2.08. The molecule has 3 N–H and O–H groups in total. The molecule has 0 bridgehead atoms. The van der Waals surface area contributed by atoms with Crippen molar-refractivity contribution in [1.29, 1.82) is 0 Å². The molecule has 2 aromatic carbocycles. The Morgan fingerprint density at radius 3 is 2.74 bits per heavy atom. The Labute approximate surface area is 203 Å². The van der Waals surface area contributed by atoms with Crippen LogP contribution in [0, 0.1) is 6.92 Å². The number of halogens is 1. The van der Waals surface area contributed by atoms with Crippen LogP contribution in [0.1, 0.15) is 16.1 Å². The number of methoxy groups -OCH3 is 1. The number of amides is 1. The van der Waals surface area contributed by atoms with Gasteiger partial charge in [0.2, 0.25) is 5.13 Å². The molecule has 5 aromatic rings. The van der Waals surface area contributed by atoms with Crippen LogP contribution in [0.4, 0.5) is 16.5 Å². The van der Waals surface area contributed by atoms with Gasteiger partial charge >= 0.3 is 0 Å². The maximum Gasteiger partial charge on any atom is 0.255 e. The minimum atomic E-state index is -0.239. The molecule has 170 valence electrons. The van der Waals surface area contributed by atoms with Gasteiger partial charge in [-0.2, -0.15) is 14.5 Å². The number of nitrogens with zero attached hydrogens (tertiary/aromatic N) is 4. The van der Waals surface area contributed by atoms with Crippen molar-refractivity contribution >= 4 is 56.4 Å². The van der Waals surface area contributed by atoms with E-state index in [0.717, 1.165) is 16.6 Å². The number of fused-ring (bicyclic) bond motifs is 1. The summed E-state index contributed by atoms with van der Waals surface area (Å²) in [6.07, 6.45) is 1.67. The predicted octanol–water partition coefficient (Wildman–Crippen LogP) is 5.44. The van der Waals surface area contributed by atoms with Crippen LogP contribution >= 0.6 is 23.1 Å². The fourth-order valence-electron chi connectivity index (χ4n) is 3.37. The second kappa shape index (κ2) is 9.08. The van der Waals surface area contributed by atoms with Gasteiger partial charge in [-0.25, -0.2) is 4.98 Å². The van der Waals surface area contributed by atoms with E-state index >= 15 is 0 Å². The van der Waals surface area contributed by atoms with E-state index in [1.165, 1.54) is 11.5 Å². The molecule has 0 saturated carbocycles. The average molecular weight is 492 g/mol. The summed E-state index contributed by atoms with van der Waals surface area (Å²) in [5, 5.41) is 14.9. The molecule has 0 atom stereocenters. The second-order valence-corrected chi connectivity index (χ2v) is 8.50. The van der Waals surface area contributed by atoms with Crippen molar-refractivity contribution in [2.75, 3.05) is 17.7 Å². The van der Waals surface area contributed by atoms with Crippen molar-refractivity contribution in [2.24, 2.45) is 0 Å². The number of aromatic amines is 1. The highest BCUT2D eigenvalue weighted by Crippen LogP contribution is 2.33. The number of carbonyl (C=O) groups excluding carboxylic acids is 1. The molecule has 9 nitrogen and oxygen atoms in total. The van der Waals surface area contributed by atoms with Crippen LogP contribution in [0.2, 0.25) is 5.02 Å². The van der Waals surface area contributed by atoms with Crippen LogP contribution in [0.5, 0.6) is 5.75 Å². The standard InChI is InChI=1S/C23H18ClN7O2S/c1-12-9-14(27-22(32)13-3-5-15(33-2)6-4-13)10-19(26-12)21-29-23(34-31-21)28-18-8-7-17-16(20(18)24)11-25-30-17/h3-11H,1-2H3,(H,25,30)(H,26,27,32)(H,28,29,31). The maximum absolute atomic E-state index is 12.7. The fraction of sp³-hybridized carbons (Fsp3) is 0.0870. The molecule has 5 rings (SSSR count). The van der Waals surface area contributed by atoms with Gasteiger partial charge in [-0.3, -0.25) is 9.89 Å². The molecule has 0 saturated heterocycles. The number of benzene rings is 2. The Morgan fingerprint density at radius 1 is 1.12 bits per heavy atom. The molecule has 0 aliphatic rings. The lowest BCUT2D eigenvalue weighted by molar-refractivity contribution is 0.102. The molecule has 0 aliphatic carbocycles. The molecular formula is C23H18ClN7O2S. The molecule has 3 aromatic heterocycles. The minimum absolute atomic E-state index is 0.239. The highest BCUT2D eigenvalue weighted by Gasteiger charge is 2.14. The predicted molar refractivity (Wildman–Crippen MR) is 133 cm³/mol. The Morgan fingerprint density at radius 2 is 1.94 bits per heavy atom. The molecule has 0 spiro atoms. The molecule has 11 heteroatoms. The van der Waals surface area contributed by atoms with Crippen LogP contribution in [-0.2, 0) is 0 Å². The molecule has 0 radical (unpaired) electrons. The first-order valence-corrected chi connectivity index (χ1v) is 11.3. The largest absolute Gasteiger partial charge is 0.497 e. The van der Waals surface area contributed by atoms with Crippen molar-refractivity contribution in [2.45, 2.75) is 6.92 Å². The molecule has 3 heterocycles. The Balaban J connectivity index is 1.36. The van der Waals surface area contributed by atoms with E-state index in [1.54, 1.807) is 49.7 Å². The van der Waals surface area contributed by atoms with Gasteiger partial charge in [-0.05, 0) is 55.5 Å². The van der Waals surface area contributed by atoms with Crippen molar-refractivity contribution in [3.05, 3.63) is 71.0 Å².